The van der Waals surface area contributed by atoms with Gasteiger partial charge in [0.1, 0.15) is 6.04 Å². The molecule has 0 fully saturated rings. The quantitative estimate of drug-likeness (QED) is 0.749. The first-order chi connectivity index (χ1) is 10.6. The van der Waals surface area contributed by atoms with E-state index < -0.39 is 12.1 Å². The van der Waals surface area contributed by atoms with E-state index in [4.69, 9.17) is 9.63 Å². The van der Waals surface area contributed by atoms with Crippen LogP contribution in [0.25, 0.3) is 0 Å². The number of urea groups is 1. The van der Waals surface area contributed by atoms with Gasteiger partial charge in [0.05, 0.1) is 12.6 Å². The van der Waals surface area contributed by atoms with E-state index in [1.165, 1.54) is 0 Å². The molecule has 0 saturated heterocycles. The number of amides is 2. The largest absolute Gasteiger partial charge is 0.394 e. The molecule has 7 nitrogen and oxygen atoms in total. The number of benzene rings is 1. The van der Waals surface area contributed by atoms with Crippen LogP contribution in [0.1, 0.15) is 37.2 Å². The van der Waals surface area contributed by atoms with E-state index in [0.717, 1.165) is 5.56 Å². The average molecular weight is 304 g/mol. The second kappa shape index (κ2) is 7.56. The molecule has 1 heterocycles. The number of nitrogens with one attached hydrogen (secondary N) is 2. The van der Waals surface area contributed by atoms with E-state index >= 15 is 0 Å². The highest BCUT2D eigenvalue weighted by atomic mass is 16.5. The van der Waals surface area contributed by atoms with E-state index in [2.05, 4.69) is 20.8 Å². The number of aliphatic hydroxyl groups is 1. The molecule has 0 aliphatic heterocycles. The van der Waals surface area contributed by atoms with Crippen LogP contribution >= 0.6 is 0 Å². The zero-order valence-corrected chi connectivity index (χ0v) is 12.6. The molecule has 2 rings (SSSR count). The van der Waals surface area contributed by atoms with Crippen molar-refractivity contribution in [3.05, 3.63) is 47.6 Å². The number of carbonyl (C=O) groups excluding carboxylic acids is 1. The van der Waals surface area contributed by atoms with E-state index in [1.807, 2.05) is 30.3 Å². The molecule has 2 aromatic rings. The molecule has 0 aliphatic rings. The van der Waals surface area contributed by atoms with Gasteiger partial charge in [0, 0.05) is 6.42 Å². The van der Waals surface area contributed by atoms with Crippen molar-refractivity contribution in [2.75, 3.05) is 6.61 Å². The Kier molecular flexibility index (Phi) is 5.48. The summed E-state index contributed by atoms with van der Waals surface area (Å²) in [4.78, 5) is 16.0. The van der Waals surface area contributed by atoms with Crippen LogP contribution in [0.4, 0.5) is 4.79 Å². The molecule has 0 radical (unpaired) electrons. The number of hydrogen-bond donors (Lipinski definition) is 3. The molecule has 1 aromatic heterocycles. The van der Waals surface area contributed by atoms with Crippen molar-refractivity contribution in [3.63, 3.8) is 0 Å². The molecule has 118 valence electrons. The SMILES string of the molecule is C[C@H](CO)NC(=O)N[C@H](C)c1nc(Cc2ccccc2)no1. The normalized spacial score (nSPS) is 13.4. The fourth-order valence-corrected chi connectivity index (χ4v) is 1.86. The molecular formula is C15H20N4O3. The third-order valence-electron chi connectivity index (χ3n) is 3.06. The Morgan fingerprint density at radius 2 is 2.00 bits per heavy atom. The maximum atomic E-state index is 11.7. The average Bonchev–Trinajstić information content (AvgIpc) is 2.96. The summed E-state index contributed by atoms with van der Waals surface area (Å²) in [6, 6.07) is 8.70. The molecule has 0 unspecified atom stereocenters. The zero-order valence-electron chi connectivity index (χ0n) is 12.6. The summed E-state index contributed by atoms with van der Waals surface area (Å²) in [6.07, 6.45) is 0.574. The zero-order chi connectivity index (χ0) is 15.9. The van der Waals surface area contributed by atoms with Gasteiger partial charge in [-0.25, -0.2) is 4.79 Å². The van der Waals surface area contributed by atoms with Crippen molar-refractivity contribution < 1.29 is 14.4 Å². The van der Waals surface area contributed by atoms with Gasteiger partial charge < -0.3 is 20.3 Å². The summed E-state index contributed by atoms with van der Waals surface area (Å²) in [6.45, 7) is 3.33. The number of hydrogen-bond acceptors (Lipinski definition) is 5. The van der Waals surface area contributed by atoms with Crippen LogP contribution in [-0.4, -0.2) is 33.9 Å². The Bertz CT molecular complexity index is 600. The number of aromatic nitrogens is 2. The summed E-state index contributed by atoms with van der Waals surface area (Å²) < 4.78 is 5.18. The highest BCUT2D eigenvalue weighted by Crippen LogP contribution is 2.12. The first-order valence-electron chi connectivity index (χ1n) is 7.12. The van der Waals surface area contributed by atoms with Gasteiger partial charge in [0.15, 0.2) is 5.82 Å². The van der Waals surface area contributed by atoms with E-state index in [0.29, 0.717) is 18.1 Å². The second-order valence-electron chi connectivity index (χ2n) is 5.13. The van der Waals surface area contributed by atoms with Crippen LogP contribution in [0.5, 0.6) is 0 Å². The van der Waals surface area contributed by atoms with Gasteiger partial charge >= 0.3 is 6.03 Å². The second-order valence-corrected chi connectivity index (χ2v) is 5.13. The first-order valence-corrected chi connectivity index (χ1v) is 7.12. The third-order valence-corrected chi connectivity index (χ3v) is 3.06. The van der Waals surface area contributed by atoms with Crippen molar-refractivity contribution >= 4 is 6.03 Å². The van der Waals surface area contributed by atoms with Crippen LogP contribution in [-0.2, 0) is 6.42 Å². The van der Waals surface area contributed by atoms with Crippen LogP contribution in [0, 0.1) is 0 Å². The predicted molar refractivity (Wildman–Crippen MR) is 80.2 cm³/mol. The van der Waals surface area contributed by atoms with E-state index in [1.54, 1.807) is 13.8 Å². The molecule has 2 atom stereocenters. The molecule has 1 aromatic carbocycles. The molecule has 3 N–H and O–H groups in total. The molecule has 0 saturated carbocycles. The minimum Gasteiger partial charge on any atom is -0.394 e. The van der Waals surface area contributed by atoms with E-state index in [-0.39, 0.29) is 12.6 Å². The van der Waals surface area contributed by atoms with Gasteiger partial charge in [-0.1, -0.05) is 35.5 Å². The maximum absolute atomic E-state index is 11.7. The molecule has 0 aliphatic carbocycles. The van der Waals surface area contributed by atoms with Gasteiger partial charge in [-0.05, 0) is 19.4 Å². The standard InChI is InChI=1S/C15H20N4O3/c1-10(9-20)16-15(21)17-11(2)14-18-13(19-22-14)8-12-6-4-3-5-7-12/h3-7,10-11,20H,8-9H2,1-2H3,(H2,16,17,21)/t10-,11-/m1/s1. The van der Waals surface area contributed by atoms with Gasteiger partial charge in [-0.3, -0.25) is 0 Å². The Morgan fingerprint density at radius 3 is 2.68 bits per heavy atom. The predicted octanol–water partition coefficient (Wildman–Crippen LogP) is 1.40. The van der Waals surface area contributed by atoms with Crippen LogP contribution in [0.2, 0.25) is 0 Å². The minimum absolute atomic E-state index is 0.121. The molecule has 2 amide bonds. The summed E-state index contributed by atoms with van der Waals surface area (Å²) >= 11 is 0. The Balaban J connectivity index is 1.91. The summed E-state index contributed by atoms with van der Waals surface area (Å²) in [5, 5.41) is 18.1. The fraction of sp³-hybridized carbons (Fsp3) is 0.400. The monoisotopic (exact) mass is 304 g/mol. The Labute approximate surface area is 128 Å². The summed E-state index contributed by atoms with van der Waals surface area (Å²) in [5.74, 6) is 0.914. The van der Waals surface area contributed by atoms with Gasteiger partial charge in [0.25, 0.3) is 0 Å². The highest BCUT2D eigenvalue weighted by molar-refractivity contribution is 5.74. The molecule has 7 heteroatoms. The molecular weight excluding hydrogens is 284 g/mol. The van der Waals surface area contributed by atoms with Gasteiger partial charge in [0.2, 0.25) is 5.89 Å². The lowest BCUT2D eigenvalue weighted by atomic mass is 10.1. The molecule has 22 heavy (non-hydrogen) atoms. The van der Waals surface area contributed by atoms with E-state index in [9.17, 15) is 4.79 Å². The third kappa shape index (κ3) is 4.56. The highest BCUT2D eigenvalue weighted by Gasteiger charge is 2.17. The lowest BCUT2D eigenvalue weighted by Gasteiger charge is -2.14. The lowest BCUT2D eigenvalue weighted by molar-refractivity contribution is 0.215. The summed E-state index contributed by atoms with van der Waals surface area (Å²) in [5.41, 5.74) is 1.09. The van der Waals surface area contributed by atoms with Crippen molar-refractivity contribution in [2.24, 2.45) is 0 Å². The Hall–Kier alpha value is -2.41. The van der Waals surface area contributed by atoms with Crippen molar-refractivity contribution in [1.82, 2.24) is 20.8 Å². The van der Waals surface area contributed by atoms with Crippen LogP contribution in [0.3, 0.4) is 0 Å². The smallest absolute Gasteiger partial charge is 0.315 e. The lowest BCUT2D eigenvalue weighted by Crippen LogP contribution is -2.43. The number of nitrogens with zero attached hydrogens (tertiary/aromatic N) is 2. The topological polar surface area (TPSA) is 100 Å². The first kappa shape index (κ1) is 16.0. The number of carbonyl (C=O) groups is 1. The Morgan fingerprint density at radius 1 is 1.27 bits per heavy atom. The maximum Gasteiger partial charge on any atom is 0.315 e. The van der Waals surface area contributed by atoms with Gasteiger partial charge in [-0.15, -0.1) is 0 Å². The summed E-state index contributed by atoms with van der Waals surface area (Å²) in [7, 11) is 0. The minimum atomic E-state index is -0.414. The van der Waals surface area contributed by atoms with Crippen molar-refractivity contribution in [1.29, 1.82) is 0 Å². The number of aliphatic hydroxyl groups excluding tert-OH is 1. The fourth-order valence-electron chi connectivity index (χ4n) is 1.86. The van der Waals surface area contributed by atoms with Crippen molar-refractivity contribution in [2.45, 2.75) is 32.4 Å². The van der Waals surface area contributed by atoms with Crippen LogP contribution in [0.15, 0.2) is 34.9 Å². The van der Waals surface area contributed by atoms with Crippen molar-refractivity contribution in [3.8, 4) is 0 Å². The molecule has 0 spiro atoms. The number of rotatable bonds is 6. The van der Waals surface area contributed by atoms with Gasteiger partial charge in [-0.2, -0.15) is 4.98 Å². The molecule has 0 bridgehead atoms. The van der Waals surface area contributed by atoms with Crippen LogP contribution < -0.4 is 10.6 Å².